The normalized spacial score (nSPS) is 10.8. The Morgan fingerprint density at radius 2 is 2.17 bits per heavy atom. The number of hydrogen-bond acceptors (Lipinski definition) is 7. The van der Waals surface area contributed by atoms with E-state index >= 15 is 0 Å². The highest BCUT2D eigenvalue weighted by Crippen LogP contribution is 2.32. The second-order valence-electron chi connectivity index (χ2n) is 6.43. The van der Waals surface area contributed by atoms with Crippen LogP contribution >= 0.6 is 23.6 Å². The number of H-pyrrole nitrogens is 1. The first-order valence-corrected chi connectivity index (χ1v) is 10.2. The molecule has 9 nitrogen and oxygen atoms in total. The minimum atomic E-state index is -0.229. The third-order valence-electron chi connectivity index (χ3n) is 4.32. The van der Waals surface area contributed by atoms with Crippen molar-refractivity contribution in [1.29, 1.82) is 0 Å². The highest BCUT2D eigenvalue weighted by Gasteiger charge is 2.17. The predicted molar refractivity (Wildman–Crippen MR) is 117 cm³/mol. The number of thiazole rings is 1. The van der Waals surface area contributed by atoms with Gasteiger partial charge in [0, 0.05) is 12.1 Å². The van der Waals surface area contributed by atoms with Gasteiger partial charge in [0.15, 0.2) is 15.7 Å². The van der Waals surface area contributed by atoms with Crippen LogP contribution in [0.5, 0.6) is 0 Å². The Labute approximate surface area is 181 Å². The van der Waals surface area contributed by atoms with E-state index < -0.39 is 0 Å². The van der Waals surface area contributed by atoms with E-state index in [1.165, 1.54) is 17.7 Å². The molecule has 1 amide bonds. The molecule has 3 aromatic heterocycles. The van der Waals surface area contributed by atoms with Crippen LogP contribution in [0, 0.1) is 11.7 Å². The Hall–Kier alpha value is -3.44. The maximum Gasteiger partial charge on any atom is 0.257 e. The van der Waals surface area contributed by atoms with Gasteiger partial charge in [0.2, 0.25) is 0 Å². The lowest BCUT2D eigenvalue weighted by atomic mass is 10.1. The molecule has 152 valence electrons. The molecular weight excluding hydrogens is 420 g/mol. The lowest BCUT2D eigenvalue weighted by Crippen LogP contribution is -2.11. The third kappa shape index (κ3) is 4.11. The van der Waals surface area contributed by atoms with Crippen molar-refractivity contribution >= 4 is 34.6 Å². The Kier molecular flexibility index (Phi) is 5.63. The number of carbonyl (C=O) groups excluding carboxylic acids is 1. The van der Waals surface area contributed by atoms with Crippen molar-refractivity contribution < 1.29 is 4.79 Å². The molecule has 30 heavy (non-hydrogen) atoms. The van der Waals surface area contributed by atoms with Gasteiger partial charge in [0.1, 0.15) is 12.7 Å². The molecular formula is C19H18N8OS2. The summed E-state index contributed by atoms with van der Waals surface area (Å²) in [5, 5.41) is 14.5. The summed E-state index contributed by atoms with van der Waals surface area (Å²) in [6.07, 6.45) is 4.89. The van der Waals surface area contributed by atoms with Crippen LogP contribution in [0.4, 0.5) is 5.13 Å². The maximum absolute atomic E-state index is 12.6. The quantitative estimate of drug-likeness (QED) is 0.338. The number of aromatic amines is 1. The number of allylic oxidation sites excluding steroid dienone is 1. The van der Waals surface area contributed by atoms with Gasteiger partial charge in [-0.2, -0.15) is 10.2 Å². The minimum absolute atomic E-state index is 0.229. The molecule has 11 heteroatoms. The summed E-state index contributed by atoms with van der Waals surface area (Å²) < 4.78 is 4.06. The van der Waals surface area contributed by atoms with Crippen LogP contribution in [0.15, 0.2) is 49.6 Å². The van der Waals surface area contributed by atoms with Gasteiger partial charge >= 0.3 is 0 Å². The number of carbonyl (C=O) groups is 1. The van der Waals surface area contributed by atoms with E-state index in [1.54, 1.807) is 29.2 Å². The van der Waals surface area contributed by atoms with Crippen LogP contribution in [0.2, 0.25) is 0 Å². The molecule has 3 heterocycles. The van der Waals surface area contributed by atoms with Gasteiger partial charge in [-0.1, -0.05) is 29.5 Å². The van der Waals surface area contributed by atoms with Crippen molar-refractivity contribution in [1.82, 2.24) is 34.5 Å². The topological polar surface area (TPSA) is 106 Å². The van der Waals surface area contributed by atoms with E-state index in [-0.39, 0.29) is 5.91 Å². The lowest BCUT2D eigenvalue weighted by Gasteiger charge is -2.04. The summed E-state index contributed by atoms with van der Waals surface area (Å²) >= 11 is 6.62. The van der Waals surface area contributed by atoms with Crippen LogP contribution in [0.25, 0.3) is 10.7 Å². The first-order chi connectivity index (χ1) is 14.5. The molecule has 0 saturated carbocycles. The second-order valence-corrected chi connectivity index (χ2v) is 7.82. The third-order valence-corrected chi connectivity index (χ3v) is 5.70. The molecule has 0 spiro atoms. The molecule has 0 radical (unpaired) electrons. The van der Waals surface area contributed by atoms with Crippen LogP contribution < -0.4 is 5.32 Å². The average molecular weight is 439 g/mol. The number of benzene rings is 1. The van der Waals surface area contributed by atoms with Crippen molar-refractivity contribution in [2.45, 2.75) is 20.0 Å². The molecule has 0 unspecified atom stereocenters. The van der Waals surface area contributed by atoms with E-state index in [9.17, 15) is 4.79 Å². The number of nitrogens with zero attached hydrogens (tertiary/aromatic N) is 6. The van der Waals surface area contributed by atoms with E-state index in [0.717, 1.165) is 16.1 Å². The number of aromatic nitrogens is 7. The van der Waals surface area contributed by atoms with E-state index in [2.05, 4.69) is 37.2 Å². The van der Waals surface area contributed by atoms with Gasteiger partial charge in [-0.25, -0.2) is 14.6 Å². The van der Waals surface area contributed by atoms with Crippen LogP contribution in [-0.2, 0) is 13.1 Å². The molecule has 0 atom stereocenters. The number of anilines is 1. The first kappa shape index (κ1) is 19.9. The number of rotatable bonds is 7. The molecule has 0 aliphatic heterocycles. The lowest BCUT2D eigenvalue weighted by molar-refractivity contribution is 0.102. The zero-order valence-electron chi connectivity index (χ0n) is 16.1. The maximum atomic E-state index is 12.6. The van der Waals surface area contributed by atoms with Crippen molar-refractivity contribution in [3.63, 3.8) is 0 Å². The predicted octanol–water partition coefficient (Wildman–Crippen LogP) is 3.45. The number of hydrogen-bond donors (Lipinski definition) is 2. The molecule has 0 aliphatic carbocycles. The fraction of sp³-hybridized carbons (Fsp3) is 0.158. The molecule has 0 fully saturated rings. The fourth-order valence-corrected chi connectivity index (χ4v) is 4.05. The fourth-order valence-electron chi connectivity index (χ4n) is 2.88. The zero-order valence-corrected chi connectivity index (χ0v) is 17.7. The standard InChI is InChI=1S/C19H18N8OS2/c1-3-8-27-16(24-25-19(27)29)15-12(2)22-18(30-15)23-17(28)14-6-4-13(5-7-14)9-26-11-20-10-21-26/h3-7,10-11H,1,8-9H2,2H3,(H,25,29)(H,22,23,28). The van der Waals surface area contributed by atoms with Crippen molar-refractivity contribution in [2.75, 3.05) is 5.32 Å². The number of aryl methyl sites for hydroxylation is 1. The van der Waals surface area contributed by atoms with Gasteiger partial charge in [-0.05, 0) is 36.8 Å². The molecule has 1 aromatic carbocycles. The first-order valence-electron chi connectivity index (χ1n) is 9.01. The van der Waals surface area contributed by atoms with E-state index in [1.807, 2.05) is 23.6 Å². The Morgan fingerprint density at radius 3 is 2.87 bits per heavy atom. The average Bonchev–Trinajstić information content (AvgIpc) is 3.45. The zero-order chi connectivity index (χ0) is 21.1. The summed E-state index contributed by atoms with van der Waals surface area (Å²) in [6, 6.07) is 7.33. The second kappa shape index (κ2) is 8.51. The molecule has 2 N–H and O–H groups in total. The van der Waals surface area contributed by atoms with Gasteiger partial charge < -0.3 is 0 Å². The minimum Gasteiger partial charge on any atom is -0.298 e. The highest BCUT2D eigenvalue weighted by atomic mass is 32.1. The molecule has 0 bridgehead atoms. The summed E-state index contributed by atoms with van der Waals surface area (Å²) in [4.78, 5) is 21.9. The van der Waals surface area contributed by atoms with Gasteiger partial charge in [-0.15, -0.1) is 6.58 Å². The SMILES string of the molecule is C=CCn1c(-c2sc(NC(=O)c3ccc(Cn4cncn4)cc3)nc2C)n[nH]c1=S. The van der Waals surface area contributed by atoms with Crippen molar-refractivity contribution in [3.05, 3.63) is 71.2 Å². The highest BCUT2D eigenvalue weighted by molar-refractivity contribution is 7.71. The van der Waals surface area contributed by atoms with Crippen LogP contribution in [0.1, 0.15) is 21.6 Å². The van der Waals surface area contributed by atoms with E-state index in [4.69, 9.17) is 12.2 Å². The van der Waals surface area contributed by atoms with Crippen molar-refractivity contribution in [2.24, 2.45) is 0 Å². The Bertz CT molecular complexity index is 1230. The van der Waals surface area contributed by atoms with Crippen LogP contribution in [-0.4, -0.2) is 40.4 Å². The molecule has 4 rings (SSSR count). The number of nitrogens with one attached hydrogen (secondary N) is 2. The molecule has 0 saturated heterocycles. The number of amides is 1. The Balaban J connectivity index is 1.50. The Morgan fingerprint density at radius 1 is 1.37 bits per heavy atom. The van der Waals surface area contributed by atoms with E-state index in [0.29, 0.717) is 34.4 Å². The summed E-state index contributed by atoms with van der Waals surface area (Å²) in [5.41, 5.74) is 2.33. The molecule has 4 aromatic rings. The van der Waals surface area contributed by atoms with Gasteiger partial charge in [0.05, 0.1) is 17.1 Å². The molecule has 0 aliphatic rings. The van der Waals surface area contributed by atoms with Gasteiger partial charge in [-0.3, -0.25) is 19.8 Å². The summed E-state index contributed by atoms with van der Waals surface area (Å²) in [7, 11) is 0. The summed E-state index contributed by atoms with van der Waals surface area (Å²) in [5.74, 6) is 0.445. The smallest absolute Gasteiger partial charge is 0.257 e. The largest absolute Gasteiger partial charge is 0.298 e. The van der Waals surface area contributed by atoms with Crippen molar-refractivity contribution in [3.8, 4) is 10.7 Å². The monoisotopic (exact) mass is 438 g/mol. The van der Waals surface area contributed by atoms with Crippen LogP contribution in [0.3, 0.4) is 0 Å². The summed E-state index contributed by atoms with van der Waals surface area (Å²) in [6.45, 7) is 6.75. The van der Waals surface area contributed by atoms with Gasteiger partial charge in [0.25, 0.3) is 5.91 Å².